The minimum absolute atomic E-state index is 0.335. The zero-order chi connectivity index (χ0) is 18.7. The Kier molecular flexibility index (Phi) is 16.6. The van der Waals surface area contributed by atoms with Crippen LogP contribution in [0.25, 0.3) is 0 Å². The van der Waals surface area contributed by atoms with E-state index in [4.69, 9.17) is 0 Å². The van der Waals surface area contributed by atoms with Gasteiger partial charge in [-0.05, 0) is 18.4 Å². The molecule has 1 rings (SSSR count). The molecule has 0 aliphatic carbocycles. The van der Waals surface area contributed by atoms with Crippen LogP contribution in [0.5, 0.6) is 0 Å². The number of rotatable bonds is 18. The predicted molar refractivity (Wildman–Crippen MR) is 122 cm³/mol. The summed E-state index contributed by atoms with van der Waals surface area (Å²) in [4.78, 5) is 0. The molecule has 0 aromatic heterocycles. The average molecular weight is 421 g/mol. The summed E-state index contributed by atoms with van der Waals surface area (Å²) in [6.45, 7) is 0. The fraction of sp³-hybridized carbons (Fsp3) is 0.760. The smallest absolute Gasteiger partial charge is 0.0622 e. The van der Waals surface area contributed by atoms with E-state index in [1.54, 1.807) is 5.21 Å². The van der Waals surface area contributed by atoms with Crippen LogP contribution in [0.3, 0.4) is 0 Å². The minimum atomic E-state index is -0.335. The van der Waals surface area contributed by atoms with Crippen molar-refractivity contribution >= 4 is 14.7 Å². The number of aryl methyl sites for hydroxylation is 1. The maximum atomic E-state index is 2.49. The molecule has 1 aromatic rings. The van der Waals surface area contributed by atoms with Gasteiger partial charge in [-0.25, -0.2) is 0 Å². The van der Waals surface area contributed by atoms with Gasteiger partial charge in [0.25, 0.3) is 0 Å². The maximum absolute atomic E-state index is 2.49. The Morgan fingerprint density at radius 3 is 1.31 bits per heavy atom. The monoisotopic (exact) mass is 420 g/mol. The van der Waals surface area contributed by atoms with Gasteiger partial charge in [0, 0.05) is 0 Å². The van der Waals surface area contributed by atoms with E-state index in [9.17, 15) is 0 Å². The molecule has 1 aromatic carbocycles. The molecule has 0 saturated carbocycles. The summed E-state index contributed by atoms with van der Waals surface area (Å²) in [7, 11) is 0. The number of hydrogen-bond acceptors (Lipinski definition) is 0. The molecule has 0 fully saturated rings. The Morgan fingerprint density at radius 1 is 0.500 bits per heavy atom. The van der Waals surface area contributed by atoms with Crippen molar-refractivity contribution in [3.05, 3.63) is 35.9 Å². The number of unbranched alkanes of at least 4 members (excludes halogenated alkanes) is 14. The molecule has 0 bridgehead atoms. The van der Waals surface area contributed by atoms with Crippen molar-refractivity contribution in [1.29, 1.82) is 0 Å². The summed E-state index contributed by atoms with van der Waals surface area (Å²) < 4.78 is 0. The van der Waals surface area contributed by atoms with Gasteiger partial charge in [0.2, 0.25) is 0 Å². The molecule has 0 aliphatic rings. The van der Waals surface area contributed by atoms with Crippen molar-refractivity contribution in [1.82, 2.24) is 0 Å². The van der Waals surface area contributed by atoms with Crippen molar-refractivity contribution in [3.8, 4) is 0 Å². The summed E-state index contributed by atoms with van der Waals surface area (Å²) in [5.74, 6) is 0. The van der Waals surface area contributed by atoms with Gasteiger partial charge < -0.3 is 0 Å². The van der Waals surface area contributed by atoms with Crippen LogP contribution in [0, 0.1) is 0 Å². The van der Waals surface area contributed by atoms with Gasteiger partial charge in [0.1, 0.15) is 0 Å². The van der Waals surface area contributed by atoms with E-state index < -0.39 is 0 Å². The second kappa shape index (κ2) is 18.2. The van der Waals surface area contributed by atoms with E-state index in [1.807, 2.05) is 0 Å². The normalized spacial score (nSPS) is 11.3. The van der Waals surface area contributed by atoms with Crippen LogP contribution < -0.4 is 0 Å². The first-order chi connectivity index (χ1) is 12.8. The van der Waals surface area contributed by atoms with E-state index in [1.165, 1.54) is 108 Å². The van der Waals surface area contributed by atoms with Crippen LogP contribution in [0.2, 0.25) is 16.6 Å². The molecule has 1 heteroatoms. The average Bonchev–Trinajstić information content (AvgIpc) is 2.65. The van der Waals surface area contributed by atoms with E-state index in [2.05, 4.69) is 41.8 Å². The van der Waals surface area contributed by atoms with Crippen LogP contribution in [0.1, 0.15) is 102 Å². The summed E-state index contributed by atoms with van der Waals surface area (Å²) in [5.41, 5.74) is 6.47. The molecular formula is C25H45As. The molecule has 0 unspecified atom stereocenters. The van der Waals surface area contributed by atoms with Crippen LogP contribution in [-0.4, -0.2) is 14.7 Å². The molecule has 26 heavy (non-hydrogen) atoms. The Bertz CT molecular complexity index is 384. The van der Waals surface area contributed by atoms with Crippen molar-refractivity contribution in [2.45, 2.75) is 119 Å². The quantitative estimate of drug-likeness (QED) is 0.164. The van der Waals surface area contributed by atoms with Crippen LogP contribution in [-0.2, 0) is 6.42 Å². The molecule has 0 heterocycles. The third-order valence-corrected chi connectivity index (χ3v) is 7.95. The number of hydrogen-bond donors (Lipinski definition) is 0. The molecule has 0 saturated heterocycles. The minimum Gasteiger partial charge on any atom is -0.0622 e. The molecule has 0 N–H and O–H groups in total. The van der Waals surface area contributed by atoms with Crippen LogP contribution in [0.4, 0.5) is 0 Å². The van der Waals surface area contributed by atoms with Crippen molar-refractivity contribution < 1.29 is 0 Å². The van der Waals surface area contributed by atoms with Crippen molar-refractivity contribution in [2.75, 3.05) is 0 Å². The third kappa shape index (κ3) is 16.0. The fourth-order valence-electron chi connectivity index (χ4n) is 3.70. The molecule has 0 spiro atoms. The summed E-state index contributed by atoms with van der Waals surface area (Å²) in [5, 5.41) is 1.57. The molecule has 0 amide bonds. The Balaban J connectivity index is 1.70. The van der Waals surface area contributed by atoms with E-state index in [0.29, 0.717) is 0 Å². The Morgan fingerprint density at radius 2 is 0.885 bits per heavy atom. The Labute approximate surface area is 169 Å². The molecular weight excluding hydrogens is 375 g/mol. The van der Waals surface area contributed by atoms with E-state index >= 15 is 0 Å². The van der Waals surface area contributed by atoms with Crippen molar-refractivity contribution in [2.24, 2.45) is 0 Å². The molecule has 150 valence electrons. The first kappa shape index (κ1) is 23.8. The number of benzene rings is 1. The SMILES string of the molecule is C[As](C)CCCCCCCCCCCCCCCCCc1ccccc1. The Hall–Kier alpha value is -0.222. The van der Waals surface area contributed by atoms with Gasteiger partial charge in [0.05, 0.1) is 0 Å². The van der Waals surface area contributed by atoms with Gasteiger partial charge in [-0.2, -0.15) is 0 Å². The molecule has 0 atom stereocenters. The molecule has 0 nitrogen and oxygen atoms in total. The fourth-order valence-corrected chi connectivity index (χ4v) is 5.50. The second-order valence-electron chi connectivity index (χ2n) is 8.34. The van der Waals surface area contributed by atoms with Crippen molar-refractivity contribution in [3.63, 3.8) is 0 Å². The second-order valence-corrected chi connectivity index (χ2v) is 13.8. The zero-order valence-corrected chi connectivity index (χ0v) is 19.7. The summed E-state index contributed by atoms with van der Waals surface area (Å²) >= 11 is -0.335. The molecule has 0 radical (unpaired) electrons. The summed E-state index contributed by atoms with van der Waals surface area (Å²) in [6.07, 6.45) is 23.3. The summed E-state index contributed by atoms with van der Waals surface area (Å²) in [6, 6.07) is 10.9. The van der Waals surface area contributed by atoms with Gasteiger partial charge >= 0.3 is 102 Å². The standard InChI is InChI=1S/C25H45As/c1-26(2)24-20-15-13-11-9-7-5-3-4-6-8-10-12-14-17-21-25-22-18-16-19-23-25/h16,18-19,22-23H,3-15,17,20-21,24H2,1-2H3. The first-order valence-corrected chi connectivity index (χ1v) is 16.6. The van der Waals surface area contributed by atoms with E-state index in [-0.39, 0.29) is 14.7 Å². The third-order valence-electron chi connectivity index (χ3n) is 5.41. The molecule has 0 aliphatic heterocycles. The van der Waals surface area contributed by atoms with Gasteiger partial charge in [-0.15, -0.1) is 0 Å². The predicted octanol–water partition coefficient (Wildman–Crippen LogP) is 8.84. The van der Waals surface area contributed by atoms with Gasteiger partial charge in [0.15, 0.2) is 0 Å². The van der Waals surface area contributed by atoms with Gasteiger partial charge in [-0.1, -0.05) is 49.6 Å². The van der Waals surface area contributed by atoms with Crippen LogP contribution in [0.15, 0.2) is 30.3 Å². The topological polar surface area (TPSA) is 0 Å². The van der Waals surface area contributed by atoms with Gasteiger partial charge in [-0.3, -0.25) is 0 Å². The first-order valence-electron chi connectivity index (χ1n) is 11.5. The zero-order valence-electron chi connectivity index (χ0n) is 17.9. The van der Waals surface area contributed by atoms with Crippen LogP contribution >= 0.6 is 0 Å². The van der Waals surface area contributed by atoms with E-state index in [0.717, 1.165) is 0 Å².